The van der Waals surface area contributed by atoms with Crippen molar-refractivity contribution in [2.75, 3.05) is 0 Å². The Kier molecular flexibility index (Phi) is 5.27. The monoisotopic (exact) mass is 553 g/mol. The van der Waals surface area contributed by atoms with Crippen LogP contribution in [0.15, 0.2) is 114 Å². The van der Waals surface area contributed by atoms with Gasteiger partial charge in [0.1, 0.15) is 0 Å². The van der Waals surface area contributed by atoms with Crippen molar-refractivity contribution in [3.8, 4) is 45.3 Å². The van der Waals surface area contributed by atoms with E-state index in [1.165, 1.54) is 22.3 Å². The zero-order valence-corrected chi connectivity index (χ0v) is 22.7. The molecule has 4 heteroatoms. The summed E-state index contributed by atoms with van der Waals surface area (Å²) in [6.07, 6.45) is 0. The number of hydrogen-bond donors (Lipinski definition) is 0. The lowest BCUT2D eigenvalue weighted by atomic mass is 9.82. The molecule has 0 unspecified atom stereocenters. The summed E-state index contributed by atoms with van der Waals surface area (Å²) in [5.41, 5.74) is 8.08. The molecule has 0 amide bonds. The van der Waals surface area contributed by atoms with Crippen molar-refractivity contribution in [1.29, 1.82) is 0 Å². The zero-order valence-electron chi connectivity index (χ0n) is 21.1. The molecule has 0 saturated heterocycles. The summed E-state index contributed by atoms with van der Waals surface area (Å²) in [5.74, 6) is 2.00. The first-order valence-corrected chi connectivity index (χ1v) is 13.5. The third kappa shape index (κ3) is 3.67. The Balaban J connectivity index is 1.46. The molecule has 0 aliphatic heterocycles. The lowest BCUT2D eigenvalue weighted by Gasteiger charge is -2.21. The van der Waals surface area contributed by atoms with Crippen molar-refractivity contribution < 1.29 is 0 Å². The minimum absolute atomic E-state index is 0.0967. The second-order valence-electron chi connectivity index (χ2n) is 10.3. The summed E-state index contributed by atoms with van der Waals surface area (Å²) < 4.78 is 0.992. The fourth-order valence-electron chi connectivity index (χ4n) is 5.64. The number of halogens is 1. The molecule has 3 nitrogen and oxygen atoms in total. The van der Waals surface area contributed by atoms with E-state index in [4.69, 9.17) is 15.0 Å². The molecule has 1 aliphatic carbocycles. The summed E-state index contributed by atoms with van der Waals surface area (Å²) in [6.45, 7) is 4.59. The van der Waals surface area contributed by atoms with Gasteiger partial charge in [-0.25, -0.2) is 15.0 Å². The van der Waals surface area contributed by atoms with Crippen LogP contribution in [0.2, 0.25) is 0 Å². The Morgan fingerprint density at radius 3 is 2.03 bits per heavy atom. The zero-order chi connectivity index (χ0) is 25.9. The Morgan fingerprint density at radius 1 is 0.526 bits per heavy atom. The molecule has 0 spiro atoms. The SMILES string of the molecule is CC1(C)c2ccccc2-c2ccc(-c3nc(-c4ccccc4)nc(-c4cc(Br)cc5ccccc45)n3)cc21. The quantitative estimate of drug-likeness (QED) is 0.219. The molecule has 0 fully saturated rings. The van der Waals surface area contributed by atoms with Crippen LogP contribution in [0.5, 0.6) is 0 Å². The van der Waals surface area contributed by atoms with Crippen LogP contribution in [-0.2, 0) is 5.41 Å². The molecule has 1 heterocycles. The van der Waals surface area contributed by atoms with Gasteiger partial charge in [0.2, 0.25) is 0 Å². The van der Waals surface area contributed by atoms with E-state index in [9.17, 15) is 0 Å². The van der Waals surface area contributed by atoms with Crippen LogP contribution in [0.1, 0.15) is 25.0 Å². The van der Waals surface area contributed by atoms with Gasteiger partial charge in [-0.1, -0.05) is 121 Å². The topological polar surface area (TPSA) is 38.7 Å². The highest BCUT2D eigenvalue weighted by Gasteiger charge is 2.35. The standard InChI is InChI=1S/C34H24BrN3/c1-34(2)29-15-9-8-14-26(29)27-17-16-23(19-30(27)34)32-36-31(21-10-4-3-5-11-21)37-33(38-32)28-20-24(35)18-22-12-6-7-13-25(22)28/h3-20H,1-2H3. The molecule has 6 aromatic rings. The Labute approximate surface area is 230 Å². The smallest absolute Gasteiger partial charge is 0.164 e. The highest BCUT2D eigenvalue weighted by Crippen LogP contribution is 2.49. The Hall–Kier alpha value is -4.15. The van der Waals surface area contributed by atoms with Gasteiger partial charge in [-0.2, -0.15) is 0 Å². The average Bonchev–Trinajstić information content (AvgIpc) is 3.19. The van der Waals surface area contributed by atoms with E-state index >= 15 is 0 Å². The molecule has 38 heavy (non-hydrogen) atoms. The van der Waals surface area contributed by atoms with Crippen LogP contribution in [0, 0.1) is 0 Å². The normalized spacial score (nSPS) is 13.3. The maximum atomic E-state index is 5.07. The molecule has 0 saturated carbocycles. The number of nitrogens with zero attached hydrogens (tertiary/aromatic N) is 3. The van der Waals surface area contributed by atoms with E-state index in [2.05, 4.69) is 109 Å². The predicted octanol–water partition coefficient (Wildman–Crippen LogP) is 9.09. The molecular formula is C34H24BrN3. The second kappa shape index (κ2) is 8.71. The van der Waals surface area contributed by atoms with Crippen molar-refractivity contribution in [1.82, 2.24) is 15.0 Å². The van der Waals surface area contributed by atoms with Crippen molar-refractivity contribution in [2.24, 2.45) is 0 Å². The fraction of sp³-hybridized carbons (Fsp3) is 0.0882. The predicted molar refractivity (Wildman–Crippen MR) is 159 cm³/mol. The first-order valence-electron chi connectivity index (χ1n) is 12.7. The number of rotatable bonds is 3. The Bertz CT molecular complexity index is 1860. The van der Waals surface area contributed by atoms with Crippen molar-refractivity contribution >= 4 is 26.7 Å². The first kappa shape index (κ1) is 23.0. The van der Waals surface area contributed by atoms with Crippen LogP contribution in [0.3, 0.4) is 0 Å². The highest BCUT2D eigenvalue weighted by molar-refractivity contribution is 9.10. The molecule has 7 rings (SSSR count). The van der Waals surface area contributed by atoms with Crippen molar-refractivity contribution in [3.63, 3.8) is 0 Å². The lowest BCUT2D eigenvalue weighted by Crippen LogP contribution is -2.15. The van der Waals surface area contributed by atoms with Crippen LogP contribution in [0.4, 0.5) is 0 Å². The lowest BCUT2D eigenvalue weighted by molar-refractivity contribution is 0.660. The van der Waals surface area contributed by atoms with Crippen molar-refractivity contribution in [2.45, 2.75) is 19.3 Å². The van der Waals surface area contributed by atoms with E-state index in [1.807, 2.05) is 30.3 Å². The molecule has 0 atom stereocenters. The minimum atomic E-state index is -0.0967. The van der Waals surface area contributed by atoms with E-state index in [1.54, 1.807) is 0 Å². The molecule has 182 valence electrons. The summed E-state index contributed by atoms with van der Waals surface area (Å²) >= 11 is 3.70. The summed E-state index contributed by atoms with van der Waals surface area (Å²) in [7, 11) is 0. The van der Waals surface area contributed by atoms with E-state index in [0.29, 0.717) is 17.5 Å². The third-order valence-corrected chi connectivity index (χ3v) is 8.03. The highest BCUT2D eigenvalue weighted by atomic mass is 79.9. The summed E-state index contributed by atoms with van der Waals surface area (Å²) in [4.78, 5) is 15.0. The molecular weight excluding hydrogens is 530 g/mol. The van der Waals surface area contributed by atoms with Crippen LogP contribution < -0.4 is 0 Å². The Morgan fingerprint density at radius 2 is 1.18 bits per heavy atom. The van der Waals surface area contributed by atoms with Gasteiger partial charge in [-0.05, 0) is 51.2 Å². The molecule has 0 radical (unpaired) electrons. The van der Waals surface area contributed by atoms with Crippen molar-refractivity contribution in [3.05, 3.63) is 125 Å². The molecule has 1 aliphatic rings. The van der Waals surface area contributed by atoms with Gasteiger partial charge in [0.05, 0.1) is 0 Å². The van der Waals surface area contributed by atoms with Gasteiger partial charge in [-0.15, -0.1) is 0 Å². The van der Waals surface area contributed by atoms with E-state index in [-0.39, 0.29) is 5.41 Å². The summed E-state index contributed by atoms with van der Waals surface area (Å²) in [5, 5.41) is 2.24. The first-order chi connectivity index (χ1) is 18.5. The van der Waals surface area contributed by atoms with Gasteiger partial charge < -0.3 is 0 Å². The number of benzene rings is 5. The van der Waals surface area contributed by atoms with Gasteiger partial charge in [0.25, 0.3) is 0 Å². The van der Waals surface area contributed by atoms with Gasteiger partial charge in [0.15, 0.2) is 17.5 Å². The van der Waals surface area contributed by atoms with Crippen LogP contribution >= 0.6 is 15.9 Å². The maximum absolute atomic E-state index is 5.07. The maximum Gasteiger partial charge on any atom is 0.164 e. The van der Waals surface area contributed by atoms with E-state index < -0.39 is 0 Å². The number of aromatic nitrogens is 3. The van der Waals surface area contributed by atoms with E-state index in [0.717, 1.165) is 31.9 Å². The largest absolute Gasteiger partial charge is 0.208 e. The average molecular weight is 554 g/mol. The number of fused-ring (bicyclic) bond motifs is 4. The summed E-state index contributed by atoms with van der Waals surface area (Å²) in [6, 6.07) is 38.0. The minimum Gasteiger partial charge on any atom is -0.208 e. The second-order valence-corrected chi connectivity index (χ2v) is 11.2. The van der Waals surface area contributed by atoms with Gasteiger partial charge in [0, 0.05) is 26.6 Å². The van der Waals surface area contributed by atoms with Crippen LogP contribution in [0.25, 0.3) is 56.1 Å². The fourth-order valence-corrected chi connectivity index (χ4v) is 6.12. The molecule has 0 bridgehead atoms. The third-order valence-electron chi connectivity index (χ3n) is 7.58. The molecule has 1 aromatic heterocycles. The number of hydrogen-bond acceptors (Lipinski definition) is 3. The van der Waals surface area contributed by atoms with Gasteiger partial charge >= 0.3 is 0 Å². The molecule has 0 N–H and O–H groups in total. The van der Waals surface area contributed by atoms with Crippen LogP contribution in [-0.4, -0.2) is 15.0 Å². The van der Waals surface area contributed by atoms with Gasteiger partial charge in [-0.3, -0.25) is 0 Å². The molecule has 5 aromatic carbocycles.